The standard InChI is InChI=1S/C23H23F/c1-3-5-18-8-15-22(23(24)16-18)21-13-11-20(12-14-21)19-9-6-17(4-2)7-10-19/h6-16H,3-5H2,1-2H3. The van der Waals surface area contributed by atoms with Crippen molar-refractivity contribution in [3.8, 4) is 22.3 Å². The quantitative estimate of drug-likeness (QED) is 0.492. The van der Waals surface area contributed by atoms with E-state index in [2.05, 4.69) is 50.2 Å². The largest absolute Gasteiger partial charge is 0.206 e. The summed E-state index contributed by atoms with van der Waals surface area (Å²) in [6.07, 6.45) is 3.00. The molecule has 3 aromatic rings. The van der Waals surface area contributed by atoms with Crippen molar-refractivity contribution in [1.29, 1.82) is 0 Å². The van der Waals surface area contributed by atoms with Gasteiger partial charge in [0.2, 0.25) is 0 Å². The van der Waals surface area contributed by atoms with Gasteiger partial charge in [0.1, 0.15) is 5.82 Å². The molecule has 0 heterocycles. The van der Waals surface area contributed by atoms with Crippen molar-refractivity contribution in [2.24, 2.45) is 0 Å². The highest BCUT2D eigenvalue weighted by molar-refractivity contribution is 5.71. The molecule has 3 rings (SSSR count). The van der Waals surface area contributed by atoms with Crippen molar-refractivity contribution >= 4 is 0 Å². The lowest BCUT2D eigenvalue weighted by Crippen LogP contribution is -1.89. The van der Waals surface area contributed by atoms with Gasteiger partial charge in [-0.3, -0.25) is 0 Å². The van der Waals surface area contributed by atoms with Gasteiger partial charge in [-0.15, -0.1) is 0 Å². The zero-order chi connectivity index (χ0) is 16.9. The van der Waals surface area contributed by atoms with Crippen LogP contribution in [0.1, 0.15) is 31.4 Å². The van der Waals surface area contributed by atoms with E-state index in [1.54, 1.807) is 6.07 Å². The maximum atomic E-state index is 14.4. The van der Waals surface area contributed by atoms with Gasteiger partial charge in [-0.1, -0.05) is 80.9 Å². The summed E-state index contributed by atoms with van der Waals surface area (Å²) in [5, 5.41) is 0. The van der Waals surface area contributed by atoms with E-state index in [-0.39, 0.29) is 5.82 Å². The number of hydrogen-bond donors (Lipinski definition) is 0. The first kappa shape index (κ1) is 16.4. The van der Waals surface area contributed by atoms with Crippen LogP contribution in [0.15, 0.2) is 66.7 Å². The maximum absolute atomic E-state index is 14.4. The van der Waals surface area contributed by atoms with Gasteiger partial charge in [0.15, 0.2) is 0 Å². The van der Waals surface area contributed by atoms with Crippen LogP contribution in [0.25, 0.3) is 22.3 Å². The lowest BCUT2D eigenvalue weighted by molar-refractivity contribution is 0.628. The minimum Gasteiger partial charge on any atom is -0.206 e. The molecule has 0 saturated carbocycles. The lowest BCUT2D eigenvalue weighted by Gasteiger charge is -2.08. The number of rotatable bonds is 5. The van der Waals surface area contributed by atoms with Crippen LogP contribution in [0.5, 0.6) is 0 Å². The van der Waals surface area contributed by atoms with E-state index in [0.29, 0.717) is 5.56 Å². The molecule has 0 bridgehead atoms. The third kappa shape index (κ3) is 3.56. The number of aryl methyl sites for hydroxylation is 2. The molecule has 0 radical (unpaired) electrons. The Bertz CT molecular complexity index is 798. The Morgan fingerprint density at radius 2 is 1.21 bits per heavy atom. The van der Waals surface area contributed by atoms with Gasteiger partial charge >= 0.3 is 0 Å². The monoisotopic (exact) mass is 318 g/mol. The second kappa shape index (κ2) is 7.44. The molecule has 3 aromatic carbocycles. The molecule has 1 heteroatoms. The Morgan fingerprint density at radius 1 is 0.667 bits per heavy atom. The van der Waals surface area contributed by atoms with Gasteiger partial charge in [0.05, 0.1) is 0 Å². The molecule has 24 heavy (non-hydrogen) atoms. The summed E-state index contributed by atoms with van der Waals surface area (Å²) in [6, 6.07) is 22.3. The number of halogens is 1. The molecule has 0 aliphatic heterocycles. The maximum Gasteiger partial charge on any atom is 0.131 e. The Morgan fingerprint density at radius 3 is 1.75 bits per heavy atom. The van der Waals surface area contributed by atoms with Crippen molar-refractivity contribution in [3.05, 3.63) is 83.7 Å². The molecule has 0 nitrogen and oxygen atoms in total. The third-order valence-corrected chi connectivity index (χ3v) is 4.46. The Hall–Kier alpha value is -2.41. The van der Waals surface area contributed by atoms with Gasteiger partial charge in [-0.2, -0.15) is 0 Å². The summed E-state index contributed by atoms with van der Waals surface area (Å²) >= 11 is 0. The van der Waals surface area contributed by atoms with Crippen LogP contribution in [0.2, 0.25) is 0 Å². The molecular formula is C23H23F. The summed E-state index contributed by atoms with van der Waals surface area (Å²) in [5.74, 6) is -0.138. The molecule has 0 aliphatic carbocycles. The Balaban J connectivity index is 1.86. The van der Waals surface area contributed by atoms with E-state index < -0.39 is 0 Å². The molecule has 0 N–H and O–H groups in total. The Kier molecular flexibility index (Phi) is 5.10. The van der Waals surface area contributed by atoms with Crippen LogP contribution in [0, 0.1) is 5.82 Å². The highest BCUT2D eigenvalue weighted by atomic mass is 19.1. The van der Waals surface area contributed by atoms with Crippen LogP contribution in [-0.2, 0) is 12.8 Å². The average Bonchev–Trinajstić information content (AvgIpc) is 2.62. The molecular weight excluding hydrogens is 295 g/mol. The first-order valence-corrected chi connectivity index (χ1v) is 8.69. The molecule has 0 fully saturated rings. The zero-order valence-electron chi connectivity index (χ0n) is 14.4. The van der Waals surface area contributed by atoms with Gasteiger partial charge in [-0.05, 0) is 46.7 Å². The van der Waals surface area contributed by atoms with E-state index in [9.17, 15) is 4.39 Å². The fourth-order valence-electron chi connectivity index (χ4n) is 3.01. The Labute approximate surface area is 144 Å². The van der Waals surface area contributed by atoms with Crippen LogP contribution in [0.4, 0.5) is 4.39 Å². The van der Waals surface area contributed by atoms with E-state index in [4.69, 9.17) is 0 Å². The predicted molar refractivity (Wildman–Crippen MR) is 101 cm³/mol. The smallest absolute Gasteiger partial charge is 0.131 e. The lowest BCUT2D eigenvalue weighted by atomic mass is 9.98. The first-order valence-electron chi connectivity index (χ1n) is 8.69. The second-order valence-electron chi connectivity index (χ2n) is 6.19. The highest BCUT2D eigenvalue weighted by Crippen LogP contribution is 2.27. The van der Waals surface area contributed by atoms with Crippen LogP contribution >= 0.6 is 0 Å². The topological polar surface area (TPSA) is 0 Å². The second-order valence-corrected chi connectivity index (χ2v) is 6.19. The van der Waals surface area contributed by atoms with Crippen LogP contribution < -0.4 is 0 Å². The summed E-state index contributed by atoms with van der Waals surface area (Å²) in [7, 11) is 0. The van der Waals surface area contributed by atoms with Gasteiger partial charge in [0, 0.05) is 5.56 Å². The van der Waals surface area contributed by atoms with Gasteiger partial charge in [0.25, 0.3) is 0 Å². The number of hydrogen-bond acceptors (Lipinski definition) is 0. The summed E-state index contributed by atoms with van der Waals surface area (Å²) in [6.45, 7) is 4.27. The fourth-order valence-corrected chi connectivity index (χ4v) is 3.01. The highest BCUT2D eigenvalue weighted by Gasteiger charge is 2.07. The molecule has 0 atom stereocenters. The normalized spacial score (nSPS) is 10.8. The van der Waals surface area contributed by atoms with Crippen molar-refractivity contribution in [3.63, 3.8) is 0 Å². The molecule has 0 unspecified atom stereocenters. The van der Waals surface area contributed by atoms with E-state index in [1.807, 2.05) is 24.3 Å². The zero-order valence-corrected chi connectivity index (χ0v) is 14.4. The van der Waals surface area contributed by atoms with Crippen molar-refractivity contribution in [2.45, 2.75) is 33.1 Å². The molecule has 122 valence electrons. The summed E-state index contributed by atoms with van der Waals surface area (Å²) in [5.41, 5.74) is 6.34. The average molecular weight is 318 g/mol. The molecule has 0 saturated heterocycles. The van der Waals surface area contributed by atoms with Gasteiger partial charge in [-0.25, -0.2) is 4.39 Å². The minimum atomic E-state index is -0.138. The molecule has 0 aromatic heterocycles. The first-order chi connectivity index (χ1) is 11.7. The van der Waals surface area contributed by atoms with E-state index in [1.165, 1.54) is 11.1 Å². The SMILES string of the molecule is CCCc1ccc(-c2ccc(-c3ccc(CC)cc3)cc2)c(F)c1. The minimum absolute atomic E-state index is 0.138. The molecule has 0 spiro atoms. The fraction of sp³-hybridized carbons (Fsp3) is 0.217. The van der Waals surface area contributed by atoms with Crippen LogP contribution in [-0.4, -0.2) is 0 Å². The van der Waals surface area contributed by atoms with Crippen LogP contribution in [0.3, 0.4) is 0 Å². The van der Waals surface area contributed by atoms with E-state index >= 15 is 0 Å². The predicted octanol–water partition coefficient (Wildman–Crippen LogP) is 6.67. The molecule has 0 amide bonds. The third-order valence-electron chi connectivity index (χ3n) is 4.46. The molecule has 0 aliphatic rings. The summed E-state index contributed by atoms with van der Waals surface area (Å²) in [4.78, 5) is 0. The van der Waals surface area contributed by atoms with Crippen molar-refractivity contribution in [1.82, 2.24) is 0 Å². The summed E-state index contributed by atoms with van der Waals surface area (Å²) < 4.78 is 14.4. The van der Waals surface area contributed by atoms with E-state index in [0.717, 1.165) is 36.0 Å². The van der Waals surface area contributed by atoms with Gasteiger partial charge < -0.3 is 0 Å². The van der Waals surface area contributed by atoms with Crippen molar-refractivity contribution < 1.29 is 4.39 Å². The number of benzene rings is 3. The van der Waals surface area contributed by atoms with Crippen molar-refractivity contribution in [2.75, 3.05) is 0 Å².